The number of hydrogen-bond donors (Lipinski definition) is 2. The van der Waals surface area contributed by atoms with E-state index in [9.17, 15) is 0 Å². The third-order valence-electron chi connectivity index (χ3n) is 1.34. The zero-order chi connectivity index (χ0) is 8.85. The molecule has 0 fully saturated rings. The van der Waals surface area contributed by atoms with Gasteiger partial charge in [-0.15, -0.1) is 0 Å². The molecule has 0 saturated carbocycles. The molecule has 0 spiro atoms. The molecular weight excluding hydrogens is 136 g/mol. The van der Waals surface area contributed by atoms with Gasteiger partial charge in [0.1, 0.15) is 0 Å². The van der Waals surface area contributed by atoms with Crippen molar-refractivity contribution in [1.29, 1.82) is 10.8 Å². The highest BCUT2D eigenvalue weighted by molar-refractivity contribution is 6.10. The summed E-state index contributed by atoms with van der Waals surface area (Å²) >= 11 is 0. The fraction of sp³-hybridized carbons (Fsp3) is 0.111. The number of rotatable bonds is 4. The average Bonchev–Trinajstić information content (AvgIpc) is 2.05. The Morgan fingerprint density at radius 2 is 1.82 bits per heavy atom. The van der Waals surface area contributed by atoms with Crippen LogP contribution in [0.15, 0.2) is 36.5 Å². The number of hydrogen-bond acceptors (Lipinski definition) is 2. The summed E-state index contributed by atoms with van der Waals surface area (Å²) in [4.78, 5) is 0. The van der Waals surface area contributed by atoms with Crippen molar-refractivity contribution in [2.45, 2.75) is 6.92 Å². The monoisotopic (exact) mass is 148 g/mol. The molecule has 0 heterocycles. The fourth-order valence-electron chi connectivity index (χ4n) is 0.671. The molecule has 0 aliphatic carbocycles. The lowest BCUT2D eigenvalue weighted by Crippen LogP contribution is -1.97. The Labute approximate surface area is 67.0 Å². The van der Waals surface area contributed by atoms with Crippen molar-refractivity contribution >= 4 is 11.9 Å². The highest BCUT2D eigenvalue weighted by Crippen LogP contribution is 2.04. The molecule has 0 aliphatic heterocycles. The lowest BCUT2D eigenvalue weighted by molar-refractivity contribution is 1.45. The van der Waals surface area contributed by atoms with E-state index in [4.69, 9.17) is 10.8 Å². The minimum absolute atomic E-state index is 0.306. The van der Waals surface area contributed by atoms with Gasteiger partial charge in [-0.3, -0.25) is 0 Å². The zero-order valence-electron chi connectivity index (χ0n) is 6.65. The lowest BCUT2D eigenvalue weighted by Gasteiger charge is -2.00. The Bertz CT molecular complexity index is 234. The van der Waals surface area contributed by atoms with Crippen molar-refractivity contribution < 1.29 is 0 Å². The molecule has 11 heavy (non-hydrogen) atoms. The quantitative estimate of drug-likeness (QED) is 0.454. The van der Waals surface area contributed by atoms with Crippen LogP contribution in [0.5, 0.6) is 0 Å². The van der Waals surface area contributed by atoms with Gasteiger partial charge >= 0.3 is 0 Å². The van der Waals surface area contributed by atoms with E-state index in [2.05, 4.69) is 13.2 Å². The van der Waals surface area contributed by atoms with Crippen LogP contribution in [-0.4, -0.2) is 11.9 Å². The molecule has 0 aromatic rings. The van der Waals surface area contributed by atoms with Crippen LogP contribution >= 0.6 is 0 Å². The molecule has 0 bridgehead atoms. The van der Waals surface area contributed by atoms with Gasteiger partial charge in [-0.1, -0.05) is 19.2 Å². The summed E-state index contributed by atoms with van der Waals surface area (Å²) in [6.45, 7) is 8.78. The third-order valence-corrected chi connectivity index (χ3v) is 1.34. The first-order chi connectivity index (χ1) is 5.17. The number of allylic oxidation sites excluding steroid dienone is 4. The van der Waals surface area contributed by atoms with E-state index in [0.717, 1.165) is 5.57 Å². The van der Waals surface area contributed by atoms with Crippen LogP contribution in [0.4, 0.5) is 0 Å². The maximum absolute atomic E-state index is 7.38. The lowest BCUT2D eigenvalue weighted by atomic mass is 10.1. The second-order valence-corrected chi connectivity index (χ2v) is 2.06. The standard InChI is InChI=1S/C9H12N2/c1-4-8(7(3)6-10)9(11)5-2/h4-6,10-11H,1-2H2,3H3/b8-7-,10-6?,11-9?. The van der Waals surface area contributed by atoms with Gasteiger partial charge in [-0.2, -0.15) is 0 Å². The van der Waals surface area contributed by atoms with Crippen molar-refractivity contribution in [2.24, 2.45) is 0 Å². The van der Waals surface area contributed by atoms with Gasteiger partial charge in [0, 0.05) is 11.8 Å². The smallest absolute Gasteiger partial charge is 0.0609 e. The van der Waals surface area contributed by atoms with Crippen LogP contribution in [0.3, 0.4) is 0 Å². The Morgan fingerprint density at radius 3 is 2.09 bits per heavy atom. The van der Waals surface area contributed by atoms with Gasteiger partial charge < -0.3 is 10.8 Å². The first-order valence-electron chi connectivity index (χ1n) is 3.22. The SMILES string of the molecule is C=CC(=N)/C(C=C)=C(/C)C=N. The Morgan fingerprint density at radius 1 is 1.27 bits per heavy atom. The first kappa shape index (κ1) is 9.56. The van der Waals surface area contributed by atoms with Crippen LogP contribution < -0.4 is 0 Å². The van der Waals surface area contributed by atoms with Crippen molar-refractivity contribution in [2.75, 3.05) is 0 Å². The summed E-state index contributed by atoms with van der Waals surface area (Å²) < 4.78 is 0. The largest absolute Gasteiger partial charge is 0.308 e. The molecule has 58 valence electrons. The van der Waals surface area contributed by atoms with Crippen LogP contribution in [0.2, 0.25) is 0 Å². The Kier molecular flexibility index (Phi) is 3.81. The van der Waals surface area contributed by atoms with Gasteiger partial charge in [0.2, 0.25) is 0 Å². The van der Waals surface area contributed by atoms with E-state index < -0.39 is 0 Å². The molecule has 0 atom stereocenters. The normalized spacial score (nSPS) is 11.4. The molecule has 2 heteroatoms. The molecule has 0 radical (unpaired) electrons. The second-order valence-electron chi connectivity index (χ2n) is 2.06. The van der Waals surface area contributed by atoms with Crippen molar-refractivity contribution in [1.82, 2.24) is 0 Å². The van der Waals surface area contributed by atoms with Crippen LogP contribution in [0.25, 0.3) is 0 Å². The third kappa shape index (κ3) is 2.34. The highest BCUT2D eigenvalue weighted by atomic mass is 14.4. The molecule has 0 amide bonds. The van der Waals surface area contributed by atoms with Gasteiger partial charge in [-0.25, -0.2) is 0 Å². The first-order valence-corrected chi connectivity index (χ1v) is 3.22. The molecule has 0 aliphatic rings. The second kappa shape index (κ2) is 4.39. The molecule has 0 saturated heterocycles. The van der Waals surface area contributed by atoms with E-state index >= 15 is 0 Å². The van der Waals surface area contributed by atoms with E-state index in [0.29, 0.717) is 11.3 Å². The summed E-state index contributed by atoms with van der Waals surface area (Å²) in [5, 5.41) is 14.3. The zero-order valence-corrected chi connectivity index (χ0v) is 6.65. The molecule has 2 N–H and O–H groups in total. The average molecular weight is 148 g/mol. The minimum Gasteiger partial charge on any atom is -0.308 e. The maximum atomic E-state index is 7.38. The summed E-state index contributed by atoms with van der Waals surface area (Å²) in [5.41, 5.74) is 1.70. The maximum Gasteiger partial charge on any atom is 0.0609 e. The number of nitrogens with one attached hydrogen (secondary N) is 2. The van der Waals surface area contributed by atoms with E-state index in [1.807, 2.05) is 0 Å². The van der Waals surface area contributed by atoms with E-state index in [1.54, 1.807) is 13.0 Å². The molecule has 0 aromatic heterocycles. The molecule has 0 rings (SSSR count). The topological polar surface area (TPSA) is 47.7 Å². The van der Waals surface area contributed by atoms with Gasteiger partial charge in [0.05, 0.1) is 5.71 Å². The predicted octanol–water partition coefficient (Wildman–Crippen LogP) is 2.34. The van der Waals surface area contributed by atoms with Gasteiger partial charge in [0.15, 0.2) is 0 Å². The fourth-order valence-corrected chi connectivity index (χ4v) is 0.671. The Hall–Kier alpha value is -1.44. The molecule has 0 unspecified atom stereocenters. The van der Waals surface area contributed by atoms with Crippen molar-refractivity contribution in [3.63, 3.8) is 0 Å². The minimum atomic E-state index is 0.306. The summed E-state index contributed by atoms with van der Waals surface area (Å²) in [6.07, 6.45) is 4.20. The molecule has 0 aromatic carbocycles. The van der Waals surface area contributed by atoms with Crippen molar-refractivity contribution in [3.8, 4) is 0 Å². The highest BCUT2D eigenvalue weighted by Gasteiger charge is 1.98. The van der Waals surface area contributed by atoms with Gasteiger partial charge in [-0.05, 0) is 18.6 Å². The van der Waals surface area contributed by atoms with E-state index in [-0.39, 0.29) is 0 Å². The Balaban J connectivity index is 4.93. The summed E-state index contributed by atoms with van der Waals surface area (Å²) in [6, 6.07) is 0. The molecular formula is C9H12N2. The van der Waals surface area contributed by atoms with Crippen molar-refractivity contribution in [3.05, 3.63) is 36.5 Å². The van der Waals surface area contributed by atoms with Crippen LogP contribution in [0.1, 0.15) is 6.92 Å². The molecule has 2 nitrogen and oxygen atoms in total. The van der Waals surface area contributed by atoms with Gasteiger partial charge in [0.25, 0.3) is 0 Å². The summed E-state index contributed by atoms with van der Waals surface area (Å²) in [7, 11) is 0. The predicted molar refractivity (Wildman–Crippen MR) is 49.6 cm³/mol. The summed E-state index contributed by atoms with van der Waals surface area (Å²) in [5.74, 6) is 0. The van der Waals surface area contributed by atoms with Crippen LogP contribution in [0, 0.1) is 10.8 Å². The van der Waals surface area contributed by atoms with E-state index in [1.165, 1.54) is 12.3 Å². The van der Waals surface area contributed by atoms with Crippen LogP contribution in [-0.2, 0) is 0 Å².